The van der Waals surface area contributed by atoms with Crippen molar-refractivity contribution in [3.8, 4) is 5.75 Å². The number of hydrogen-bond donors (Lipinski definition) is 2. The Kier molecular flexibility index (Phi) is 5.88. The number of nitrogens with one attached hydrogen (secondary N) is 2. The molecule has 5 heteroatoms. The molecule has 1 saturated carbocycles. The molecular formula is C20H25N3O2. The van der Waals surface area contributed by atoms with Crippen molar-refractivity contribution in [2.45, 2.75) is 44.6 Å². The summed E-state index contributed by atoms with van der Waals surface area (Å²) in [6.07, 6.45) is 8.68. The Morgan fingerprint density at radius 2 is 1.88 bits per heavy atom. The Hall–Kier alpha value is -2.56. The lowest BCUT2D eigenvalue weighted by Gasteiger charge is -2.16. The van der Waals surface area contributed by atoms with Crippen LogP contribution in [0.4, 0.5) is 11.4 Å². The van der Waals surface area contributed by atoms with E-state index in [-0.39, 0.29) is 11.9 Å². The highest BCUT2D eigenvalue weighted by molar-refractivity contribution is 5.93. The van der Waals surface area contributed by atoms with Crippen molar-refractivity contribution in [2.24, 2.45) is 0 Å². The monoisotopic (exact) mass is 339 g/mol. The SMILES string of the molecule is COc1ccccc1Nc1ccnc(C(=O)NC2CCCCCC2)c1. The number of carbonyl (C=O) groups is 1. The normalized spacial score (nSPS) is 15.2. The van der Waals surface area contributed by atoms with Crippen molar-refractivity contribution in [3.05, 3.63) is 48.3 Å². The van der Waals surface area contributed by atoms with Crippen LogP contribution in [0.2, 0.25) is 0 Å². The zero-order valence-electron chi connectivity index (χ0n) is 14.6. The topological polar surface area (TPSA) is 63.2 Å². The van der Waals surface area contributed by atoms with Gasteiger partial charge in [0.15, 0.2) is 0 Å². The van der Waals surface area contributed by atoms with Gasteiger partial charge in [0.1, 0.15) is 11.4 Å². The van der Waals surface area contributed by atoms with Gasteiger partial charge in [-0.15, -0.1) is 0 Å². The van der Waals surface area contributed by atoms with E-state index < -0.39 is 0 Å². The third-order valence-electron chi connectivity index (χ3n) is 4.57. The van der Waals surface area contributed by atoms with Gasteiger partial charge in [0.05, 0.1) is 12.8 Å². The van der Waals surface area contributed by atoms with E-state index in [9.17, 15) is 4.79 Å². The Balaban J connectivity index is 1.69. The highest BCUT2D eigenvalue weighted by atomic mass is 16.5. The number of para-hydroxylation sites is 2. The number of ether oxygens (including phenoxy) is 1. The number of hydrogen-bond acceptors (Lipinski definition) is 4. The van der Waals surface area contributed by atoms with Gasteiger partial charge < -0.3 is 15.4 Å². The van der Waals surface area contributed by atoms with E-state index in [4.69, 9.17) is 4.74 Å². The minimum absolute atomic E-state index is 0.101. The summed E-state index contributed by atoms with van der Waals surface area (Å²) in [5, 5.41) is 6.42. The van der Waals surface area contributed by atoms with Gasteiger partial charge in [-0.3, -0.25) is 9.78 Å². The van der Waals surface area contributed by atoms with E-state index in [1.165, 1.54) is 25.7 Å². The fourth-order valence-electron chi connectivity index (χ4n) is 3.22. The summed E-state index contributed by atoms with van der Waals surface area (Å²) in [6.45, 7) is 0. The molecule has 2 N–H and O–H groups in total. The number of aromatic nitrogens is 1. The first-order valence-electron chi connectivity index (χ1n) is 8.93. The second-order valence-electron chi connectivity index (χ2n) is 6.42. The fourth-order valence-corrected chi connectivity index (χ4v) is 3.22. The van der Waals surface area contributed by atoms with Crippen molar-refractivity contribution >= 4 is 17.3 Å². The van der Waals surface area contributed by atoms with E-state index in [1.54, 1.807) is 19.4 Å². The van der Waals surface area contributed by atoms with Crippen LogP contribution in [0.1, 0.15) is 49.0 Å². The Bertz CT molecular complexity index is 710. The average Bonchev–Trinajstić information content (AvgIpc) is 2.91. The smallest absolute Gasteiger partial charge is 0.270 e. The van der Waals surface area contributed by atoms with Crippen LogP contribution in [0.5, 0.6) is 5.75 Å². The zero-order valence-corrected chi connectivity index (χ0v) is 14.6. The van der Waals surface area contributed by atoms with Gasteiger partial charge in [-0.25, -0.2) is 0 Å². The van der Waals surface area contributed by atoms with Crippen molar-refractivity contribution in [3.63, 3.8) is 0 Å². The van der Waals surface area contributed by atoms with Crippen molar-refractivity contribution in [2.75, 3.05) is 12.4 Å². The van der Waals surface area contributed by atoms with E-state index in [0.29, 0.717) is 5.69 Å². The van der Waals surface area contributed by atoms with Gasteiger partial charge in [-0.05, 0) is 37.1 Å². The molecule has 132 valence electrons. The molecule has 1 aromatic heterocycles. The molecule has 25 heavy (non-hydrogen) atoms. The predicted molar refractivity (Wildman–Crippen MR) is 99.5 cm³/mol. The van der Waals surface area contributed by atoms with Crippen molar-refractivity contribution < 1.29 is 9.53 Å². The van der Waals surface area contributed by atoms with Crippen LogP contribution in [0.25, 0.3) is 0 Å². The standard InChI is InChI=1S/C20H25N3O2/c1-25-19-11-7-6-10-17(19)22-16-12-13-21-18(14-16)20(24)23-15-8-4-2-3-5-9-15/h6-7,10-15H,2-5,8-9H2,1H3,(H,21,22)(H,23,24). The molecule has 0 aliphatic heterocycles. The lowest BCUT2D eigenvalue weighted by molar-refractivity contribution is 0.0928. The molecule has 0 unspecified atom stereocenters. The van der Waals surface area contributed by atoms with Crippen LogP contribution in [-0.2, 0) is 0 Å². The molecule has 2 aromatic rings. The van der Waals surface area contributed by atoms with Crippen LogP contribution in [0, 0.1) is 0 Å². The summed E-state index contributed by atoms with van der Waals surface area (Å²) in [5.41, 5.74) is 2.10. The van der Waals surface area contributed by atoms with Gasteiger partial charge in [0.25, 0.3) is 5.91 Å². The molecule has 0 atom stereocenters. The van der Waals surface area contributed by atoms with Crippen LogP contribution >= 0.6 is 0 Å². The van der Waals surface area contributed by atoms with Crippen LogP contribution in [-0.4, -0.2) is 24.0 Å². The first-order chi connectivity index (χ1) is 12.3. The average molecular weight is 339 g/mol. The predicted octanol–water partition coefficient (Wildman–Crippen LogP) is 4.29. The molecule has 1 aromatic carbocycles. The van der Waals surface area contributed by atoms with Gasteiger partial charge >= 0.3 is 0 Å². The Morgan fingerprint density at radius 1 is 1.12 bits per heavy atom. The number of pyridine rings is 1. The fraction of sp³-hybridized carbons (Fsp3) is 0.400. The number of methoxy groups -OCH3 is 1. The molecule has 1 aliphatic carbocycles. The second-order valence-corrected chi connectivity index (χ2v) is 6.42. The maximum atomic E-state index is 12.5. The number of anilines is 2. The van der Waals surface area contributed by atoms with Crippen LogP contribution in [0.3, 0.4) is 0 Å². The Morgan fingerprint density at radius 3 is 2.64 bits per heavy atom. The highest BCUT2D eigenvalue weighted by Crippen LogP contribution is 2.27. The molecule has 0 bridgehead atoms. The molecule has 1 fully saturated rings. The summed E-state index contributed by atoms with van der Waals surface area (Å²) in [7, 11) is 1.64. The van der Waals surface area contributed by atoms with E-state index in [2.05, 4.69) is 15.6 Å². The molecule has 0 saturated heterocycles. The molecule has 1 heterocycles. The minimum atomic E-state index is -0.101. The lowest BCUT2D eigenvalue weighted by atomic mass is 10.1. The Labute approximate surface area is 148 Å². The second kappa shape index (κ2) is 8.51. The number of amides is 1. The molecule has 1 aliphatic rings. The zero-order chi connectivity index (χ0) is 17.5. The van der Waals surface area contributed by atoms with E-state index in [0.717, 1.165) is 30.0 Å². The summed E-state index contributed by atoms with van der Waals surface area (Å²) in [5.74, 6) is 0.652. The number of nitrogens with zero attached hydrogens (tertiary/aromatic N) is 1. The summed E-state index contributed by atoms with van der Waals surface area (Å²) < 4.78 is 5.35. The summed E-state index contributed by atoms with van der Waals surface area (Å²) in [4.78, 5) is 16.8. The largest absolute Gasteiger partial charge is 0.495 e. The van der Waals surface area contributed by atoms with Gasteiger partial charge in [-0.2, -0.15) is 0 Å². The van der Waals surface area contributed by atoms with E-state index in [1.807, 2.05) is 30.3 Å². The number of rotatable bonds is 5. The maximum absolute atomic E-state index is 12.5. The lowest BCUT2D eigenvalue weighted by Crippen LogP contribution is -2.34. The third-order valence-corrected chi connectivity index (χ3v) is 4.57. The number of benzene rings is 1. The van der Waals surface area contributed by atoms with Gasteiger partial charge in [0.2, 0.25) is 0 Å². The molecule has 0 spiro atoms. The quantitative estimate of drug-likeness (QED) is 0.798. The molecule has 1 amide bonds. The van der Waals surface area contributed by atoms with Crippen LogP contribution in [0.15, 0.2) is 42.6 Å². The highest BCUT2D eigenvalue weighted by Gasteiger charge is 2.16. The molecule has 0 radical (unpaired) electrons. The first-order valence-corrected chi connectivity index (χ1v) is 8.93. The molecule has 5 nitrogen and oxygen atoms in total. The van der Waals surface area contributed by atoms with Gasteiger partial charge in [-0.1, -0.05) is 37.8 Å². The van der Waals surface area contributed by atoms with Crippen LogP contribution < -0.4 is 15.4 Å². The van der Waals surface area contributed by atoms with Crippen molar-refractivity contribution in [1.29, 1.82) is 0 Å². The number of carbonyl (C=O) groups excluding carboxylic acids is 1. The minimum Gasteiger partial charge on any atom is -0.495 e. The molecule has 3 rings (SSSR count). The first kappa shape index (κ1) is 17.3. The van der Waals surface area contributed by atoms with Crippen molar-refractivity contribution in [1.82, 2.24) is 10.3 Å². The van der Waals surface area contributed by atoms with Gasteiger partial charge in [0, 0.05) is 17.9 Å². The van der Waals surface area contributed by atoms with E-state index >= 15 is 0 Å². The molecular weight excluding hydrogens is 314 g/mol. The maximum Gasteiger partial charge on any atom is 0.270 e. The summed E-state index contributed by atoms with van der Waals surface area (Å²) in [6, 6.07) is 11.6. The third kappa shape index (κ3) is 4.72. The summed E-state index contributed by atoms with van der Waals surface area (Å²) >= 11 is 0.